The van der Waals surface area contributed by atoms with Gasteiger partial charge in [0.05, 0.1) is 5.69 Å². The number of rotatable bonds is 8. The van der Waals surface area contributed by atoms with Crippen LogP contribution in [0, 0.1) is 0 Å². The maximum absolute atomic E-state index is 13.0. The number of carbonyl (C=O) groups excluding carboxylic acids is 1. The van der Waals surface area contributed by atoms with Gasteiger partial charge in [-0.1, -0.05) is 36.4 Å². The van der Waals surface area contributed by atoms with Crippen LogP contribution in [0.5, 0.6) is 11.5 Å². The van der Waals surface area contributed by atoms with Crippen LogP contribution in [-0.2, 0) is 17.9 Å². The number of halogens is 1. The lowest BCUT2D eigenvalue weighted by Crippen LogP contribution is -2.51. The number of nitrogens with zero attached hydrogens (tertiary/aromatic N) is 2. The fraction of sp³-hybridized carbons (Fsp3) is 0.250. The van der Waals surface area contributed by atoms with Crippen LogP contribution >= 0.6 is 11.6 Å². The smallest absolute Gasteiger partial charge is 0.248 e. The average Bonchev–Trinajstić information content (AvgIpc) is 3.09. The van der Waals surface area contributed by atoms with E-state index >= 15 is 0 Å². The molecular formula is C24H24ClN3O3. The highest BCUT2D eigenvalue weighted by atomic mass is 35.5. The first-order chi connectivity index (χ1) is 15.0. The lowest BCUT2D eigenvalue weighted by molar-refractivity contribution is -0.133. The largest absolute Gasteiger partial charge is 0.457 e. The Balaban J connectivity index is 1.38. The summed E-state index contributed by atoms with van der Waals surface area (Å²) < 4.78 is 5.88. The average molecular weight is 438 g/mol. The first-order valence-electron chi connectivity index (χ1n) is 10.2. The van der Waals surface area contributed by atoms with Gasteiger partial charge >= 0.3 is 0 Å². The van der Waals surface area contributed by atoms with Crippen molar-refractivity contribution in [2.45, 2.75) is 30.6 Å². The normalized spacial score (nSPS) is 19.4. The fourth-order valence-corrected chi connectivity index (χ4v) is 3.87. The number of aliphatic hydroxyl groups excluding tert-OH is 1. The Morgan fingerprint density at radius 1 is 1.10 bits per heavy atom. The Bertz CT molecular complexity index is 1020. The second-order valence-electron chi connectivity index (χ2n) is 7.51. The third-order valence-electron chi connectivity index (χ3n) is 5.28. The van der Waals surface area contributed by atoms with E-state index in [1.807, 2.05) is 72.8 Å². The van der Waals surface area contributed by atoms with Crippen LogP contribution in [0.3, 0.4) is 0 Å². The molecule has 1 fully saturated rings. The highest BCUT2D eigenvalue weighted by Crippen LogP contribution is 2.34. The van der Waals surface area contributed by atoms with Gasteiger partial charge in [-0.05, 0) is 48.4 Å². The van der Waals surface area contributed by atoms with Crippen LogP contribution in [-0.4, -0.2) is 38.5 Å². The van der Waals surface area contributed by atoms with Crippen molar-refractivity contribution in [1.82, 2.24) is 15.2 Å². The first-order valence-corrected chi connectivity index (χ1v) is 10.5. The van der Waals surface area contributed by atoms with Gasteiger partial charge < -0.3 is 14.7 Å². The lowest BCUT2D eigenvalue weighted by Gasteiger charge is -2.27. The molecule has 3 aromatic rings. The zero-order valence-corrected chi connectivity index (χ0v) is 17.7. The molecular weight excluding hydrogens is 414 g/mol. The number of hydrogen-bond acceptors (Lipinski definition) is 5. The third-order valence-corrected chi connectivity index (χ3v) is 5.83. The van der Waals surface area contributed by atoms with E-state index in [4.69, 9.17) is 16.3 Å². The minimum Gasteiger partial charge on any atom is -0.457 e. The van der Waals surface area contributed by atoms with E-state index in [-0.39, 0.29) is 5.91 Å². The predicted octanol–water partition coefficient (Wildman–Crippen LogP) is 3.69. The first kappa shape index (κ1) is 21.3. The standard InChI is InChI=1S/C24H24ClN3O3/c25-24(22(29)27-16-19-8-4-5-13-26-19)12-14-28(23(24)30)17-18-7-6-11-21(15-18)31-20-9-2-1-3-10-20/h1-11,13,15,22,27,29H,12,14,16-17H2. The molecule has 2 unspecified atom stereocenters. The monoisotopic (exact) mass is 437 g/mol. The summed E-state index contributed by atoms with van der Waals surface area (Å²) in [6.45, 7) is 1.18. The summed E-state index contributed by atoms with van der Waals surface area (Å²) in [7, 11) is 0. The summed E-state index contributed by atoms with van der Waals surface area (Å²) in [5.41, 5.74) is 1.69. The number of ether oxygens (including phenoxy) is 1. The molecule has 0 saturated carbocycles. The van der Waals surface area contributed by atoms with E-state index in [2.05, 4.69) is 10.3 Å². The van der Waals surface area contributed by atoms with Gasteiger partial charge in [0.2, 0.25) is 5.91 Å². The summed E-state index contributed by atoms with van der Waals surface area (Å²) >= 11 is 6.59. The molecule has 4 rings (SSSR count). The molecule has 1 aromatic heterocycles. The number of alkyl halides is 1. The second-order valence-corrected chi connectivity index (χ2v) is 8.18. The van der Waals surface area contributed by atoms with Gasteiger partial charge in [0, 0.05) is 25.8 Å². The van der Waals surface area contributed by atoms with Crippen LogP contribution in [0.2, 0.25) is 0 Å². The Labute approximate surface area is 186 Å². The highest BCUT2D eigenvalue weighted by molar-refractivity contribution is 6.36. The number of benzene rings is 2. The number of aromatic nitrogens is 1. The molecule has 0 bridgehead atoms. The Hall–Kier alpha value is -2.93. The van der Waals surface area contributed by atoms with Gasteiger partial charge in [-0.2, -0.15) is 0 Å². The van der Waals surface area contributed by atoms with Crippen molar-refractivity contribution >= 4 is 17.5 Å². The number of carbonyl (C=O) groups is 1. The number of hydrogen-bond donors (Lipinski definition) is 2. The quantitative estimate of drug-likeness (QED) is 0.415. The van der Waals surface area contributed by atoms with Crippen LogP contribution < -0.4 is 10.1 Å². The Morgan fingerprint density at radius 3 is 2.65 bits per heavy atom. The summed E-state index contributed by atoms with van der Waals surface area (Å²) in [5, 5.41) is 13.5. The maximum Gasteiger partial charge on any atom is 0.248 e. The molecule has 1 aliphatic heterocycles. The summed E-state index contributed by atoms with van der Waals surface area (Å²) in [6, 6.07) is 22.7. The molecule has 0 radical (unpaired) electrons. The lowest BCUT2D eigenvalue weighted by atomic mass is 10.1. The van der Waals surface area contributed by atoms with E-state index < -0.39 is 11.1 Å². The van der Waals surface area contributed by atoms with Crippen molar-refractivity contribution in [2.24, 2.45) is 0 Å². The van der Waals surface area contributed by atoms with Crippen LogP contribution in [0.25, 0.3) is 0 Å². The van der Waals surface area contributed by atoms with Crippen molar-refractivity contribution in [3.05, 3.63) is 90.3 Å². The molecule has 6 nitrogen and oxygen atoms in total. The minimum absolute atomic E-state index is 0.287. The van der Waals surface area contributed by atoms with Crippen LogP contribution in [0.1, 0.15) is 17.7 Å². The van der Waals surface area contributed by atoms with Gasteiger partial charge in [0.25, 0.3) is 0 Å². The zero-order chi connectivity index (χ0) is 21.7. The Kier molecular flexibility index (Phi) is 6.51. The van der Waals surface area contributed by atoms with Gasteiger partial charge in [-0.3, -0.25) is 15.1 Å². The minimum atomic E-state index is -1.40. The van der Waals surface area contributed by atoms with Gasteiger partial charge in [0.15, 0.2) is 4.87 Å². The summed E-state index contributed by atoms with van der Waals surface area (Å²) in [5.74, 6) is 1.16. The van der Waals surface area contributed by atoms with Gasteiger partial charge in [-0.15, -0.1) is 11.6 Å². The Morgan fingerprint density at radius 2 is 1.87 bits per heavy atom. The van der Waals surface area contributed by atoms with Gasteiger partial charge in [0.1, 0.15) is 17.7 Å². The number of para-hydroxylation sites is 1. The third kappa shape index (κ3) is 5.05. The van der Waals surface area contributed by atoms with E-state index in [0.29, 0.717) is 31.8 Å². The molecule has 160 valence electrons. The van der Waals surface area contributed by atoms with Gasteiger partial charge in [-0.25, -0.2) is 0 Å². The number of nitrogens with one attached hydrogen (secondary N) is 1. The summed E-state index contributed by atoms with van der Waals surface area (Å²) in [4.78, 5) is 17.5. The predicted molar refractivity (Wildman–Crippen MR) is 119 cm³/mol. The molecule has 1 aliphatic rings. The SMILES string of the molecule is O=C1N(Cc2cccc(Oc3ccccc3)c2)CCC1(Cl)C(O)NCc1ccccn1. The highest BCUT2D eigenvalue weighted by Gasteiger charge is 2.50. The number of pyridine rings is 1. The second kappa shape index (κ2) is 9.47. The van der Waals surface area contributed by atoms with Crippen LogP contribution in [0.15, 0.2) is 79.0 Å². The van der Waals surface area contributed by atoms with Crippen molar-refractivity contribution in [3.8, 4) is 11.5 Å². The molecule has 2 heterocycles. The molecule has 0 spiro atoms. The number of likely N-dealkylation sites (tertiary alicyclic amines) is 1. The van der Waals surface area contributed by atoms with Crippen molar-refractivity contribution in [3.63, 3.8) is 0 Å². The molecule has 2 aromatic carbocycles. The molecule has 0 aliphatic carbocycles. The zero-order valence-electron chi connectivity index (χ0n) is 16.9. The fourth-order valence-electron chi connectivity index (χ4n) is 3.59. The molecule has 1 amide bonds. The molecule has 7 heteroatoms. The van der Waals surface area contributed by atoms with E-state index in [1.54, 1.807) is 11.1 Å². The van der Waals surface area contributed by atoms with Crippen molar-refractivity contribution in [1.29, 1.82) is 0 Å². The van der Waals surface area contributed by atoms with E-state index in [0.717, 1.165) is 17.0 Å². The molecule has 2 atom stereocenters. The van der Waals surface area contributed by atoms with Crippen LogP contribution in [0.4, 0.5) is 0 Å². The van der Waals surface area contributed by atoms with Crippen molar-refractivity contribution < 1.29 is 14.6 Å². The number of aliphatic hydroxyl groups is 1. The van der Waals surface area contributed by atoms with Crippen molar-refractivity contribution in [2.75, 3.05) is 6.54 Å². The van der Waals surface area contributed by atoms with E-state index in [9.17, 15) is 9.90 Å². The number of amides is 1. The topological polar surface area (TPSA) is 74.7 Å². The molecule has 31 heavy (non-hydrogen) atoms. The maximum atomic E-state index is 13.0. The molecule has 1 saturated heterocycles. The summed E-state index contributed by atoms with van der Waals surface area (Å²) in [6.07, 6.45) is 0.850. The van der Waals surface area contributed by atoms with E-state index in [1.165, 1.54) is 0 Å². The molecule has 2 N–H and O–H groups in total.